The first-order valence-electron chi connectivity index (χ1n) is 10.3. The molecule has 1 saturated heterocycles. The van der Waals surface area contributed by atoms with Crippen LogP contribution < -0.4 is 20.9 Å². The second kappa shape index (κ2) is 8.93. The maximum atomic E-state index is 12.5. The van der Waals surface area contributed by atoms with E-state index in [-0.39, 0.29) is 18.5 Å². The maximum Gasteiger partial charge on any atom is 0.329 e. The number of carbonyl (C=O) groups excluding carboxylic acids is 3. The smallest absolute Gasteiger partial charge is 0.329 e. The zero-order chi connectivity index (χ0) is 22.7. The molecule has 0 bridgehead atoms. The lowest BCUT2D eigenvalue weighted by Gasteiger charge is -2.18. The predicted molar refractivity (Wildman–Crippen MR) is 125 cm³/mol. The fraction of sp³-hybridized carbons (Fsp3) is 0.160. The van der Waals surface area contributed by atoms with Crippen molar-refractivity contribution < 1.29 is 14.4 Å². The van der Waals surface area contributed by atoms with Crippen molar-refractivity contribution in [1.29, 1.82) is 0 Å². The summed E-state index contributed by atoms with van der Waals surface area (Å²) in [4.78, 5) is 37.6. The molecule has 32 heavy (non-hydrogen) atoms. The van der Waals surface area contributed by atoms with Crippen LogP contribution in [0.4, 0.5) is 21.0 Å². The molecular formula is C25H24N4O3. The zero-order valence-electron chi connectivity index (χ0n) is 17.9. The van der Waals surface area contributed by atoms with Crippen LogP contribution >= 0.6 is 0 Å². The summed E-state index contributed by atoms with van der Waals surface area (Å²) in [7, 11) is 0. The Morgan fingerprint density at radius 2 is 1.72 bits per heavy atom. The molecule has 3 aromatic carbocycles. The first-order valence-corrected chi connectivity index (χ1v) is 10.3. The summed E-state index contributed by atoms with van der Waals surface area (Å²) in [6, 6.07) is 20.6. The van der Waals surface area contributed by atoms with Crippen molar-refractivity contribution >= 4 is 29.3 Å². The molecule has 1 fully saturated rings. The zero-order valence-corrected chi connectivity index (χ0v) is 17.9. The fourth-order valence-corrected chi connectivity index (χ4v) is 3.62. The second-order valence-corrected chi connectivity index (χ2v) is 7.71. The molecular weight excluding hydrogens is 404 g/mol. The Labute approximate surface area is 186 Å². The van der Waals surface area contributed by atoms with Gasteiger partial charge in [0.25, 0.3) is 5.91 Å². The van der Waals surface area contributed by atoms with Crippen LogP contribution in [-0.4, -0.2) is 24.5 Å². The van der Waals surface area contributed by atoms with Gasteiger partial charge in [-0.25, -0.2) is 14.5 Å². The Morgan fingerprint density at radius 3 is 2.44 bits per heavy atom. The van der Waals surface area contributed by atoms with Crippen LogP contribution in [0.25, 0.3) is 11.1 Å². The minimum atomic E-state index is -0.465. The molecule has 3 aromatic rings. The minimum Gasteiger partial charge on any atom is -0.334 e. The fourth-order valence-electron chi connectivity index (χ4n) is 3.62. The molecule has 0 aliphatic carbocycles. The number of amides is 5. The largest absolute Gasteiger partial charge is 0.334 e. The number of carbonyl (C=O) groups is 3. The SMILES string of the molecule is Cc1ccc(-c2cccc(CNC(=O)Nc3cccc(N4C(=O)CNC4=O)c3C)c2)cc1. The van der Waals surface area contributed by atoms with Crippen LogP contribution in [0.2, 0.25) is 0 Å². The van der Waals surface area contributed by atoms with Crippen molar-refractivity contribution in [2.45, 2.75) is 20.4 Å². The highest BCUT2D eigenvalue weighted by Crippen LogP contribution is 2.28. The summed E-state index contributed by atoms with van der Waals surface area (Å²) < 4.78 is 0. The molecule has 1 aliphatic heterocycles. The number of imide groups is 1. The van der Waals surface area contributed by atoms with Crippen LogP contribution in [0.5, 0.6) is 0 Å². The Kier molecular flexibility index (Phi) is 5.89. The summed E-state index contributed by atoms with van der Waals surface area (Å²) in [5.74, 6) is -0.326. The molecule has 7 nitrogen and oxygen atoms in total. The van der Waals surface area contributed by atoms with Gasteiger partial charge in [-0.3, -0.25) is 4.79 Å². The number of rotatable bonds is 5. The Balaban J connectivity index is 1.42. The quantitative estimate of drug-likeness (QED) is 0.528. The van der Waals surface area contributed by atoms with Crippen LogP contribution in [0.1, 0.15) is 16.7 Å². The Bertz CT molecular complexity index is 1170. The number of hydrogen-bond donors (Lipinski definition) is 3. The van der Waals surface area contributed by atoms with Gasteiger partial charge >= 0.3 is 12.1 Å². The number of nitrogens with zero attached hydrogens (tertiary/aromatic N) is 1. The highest BCUT2D eigenvalue weighted by atomic mass is 16.2. The van der Waals surface area contributed by atoms with Crippen LogP contribution in [-0.2, 0) is 11.3 Å². The molecule has 5 amide bonds. The van der Waals surface area contributed by atoms with E-state index in [0.717, 1.165) is 21.6 Å². The van der Waals surface area contributed by atoms with Crippen LogP contribution in [0.3, 0.4) is 0 Å². The number of aryl methyl sites for hydroxylation is 1. The van der Waals surface area contributed by atoms with Gasteiger partial charge in [0.15, 0.2) is 0 Å². The average Bonchev–Trinajstić information content (AvgIpc) is 3.12. The number of nitrogens with one attached hydrogen (secondary N) is 3. The number of hydrogen-bond acceptors (Lipinski definition) is 3. The number of urea groups is 2. The monoisotopic (exact) mass is 428 g/mol. The molecule has 0 spiro atoms. The van der Waals surface area contributed by atoms with Crippen molar-refractivity contribution in [2.24, 2.45) is 0 Å². The Hall–Kier alpha value is -4.13. The third-order valence-corrected chi connectivity index (χ3v) is 5.40. The normalized spacial score (nSPS) is 13.1. The second-order valence-electron chi connectivity index (χ2n) is 7.71. The standard InChI is InChI=1S/C25H24N4O3/c1-16-9-11-19(12-10-16)20-6-3-5-18(13-20)14-26-24(31)28-21-7-4-8-22(17(21)2)29-23(30)15-27-25(29)32/h3-13H,14-15H2,1-2H3,(H,27,32)(H2,26,28,31). The van der Waals surface area contributed by atoms with Gasteiger partial charge < -0.3 is 16.0 Å². The van der Waals surface area contributed by atoms with E-state index < -0.39 is 6.03 Å². The molecule has 0 atom stereocenters. The van der Waals surface area contributed by atoms with E-state index in [0.29, 0.717) is 23.5 Å². The molecule has 3 N–H and O–H groups in total. The van der Waals surface area contributed by atoms with Gasteiger partial charge in [0.1, 0.15) is 0 Å². The van der Waals surface area contributed by atoms with E-state index in [9.17, 15) is 14.4 Å². The van der Waals surface area contributed by atoms with E-state index in [1.54, 1.807) is 25.1 Å². The number of benzene rings is 3. The van der Waals surface area contributed by atoms with Crippen molar-refractivity contribution in [3.8, 4) is 11.1 Å². The highest BCUT2D eigenvalue weighted by Gasteiger charge is 2.31. The number of anilines is 2. The summed E-state index contributed by atoms with van der Waals surface area (Å²) in [6.07, 6.45) is 0. The summed E-state index contributed by atoms with van der Waals surface area (Å²) in [5, 5.41) is 8.17. The summed E-state index contributed by atoms with van der Waals surface area (Å²) in [5.41, 5.74) is 6.00. The first kappa shape index (κ1) is 21.1. The lowest BCUT2D eigenvalue weighted by atomic mass is 10.0. The molecule has 0 unspecified atom stereocenters. The van der Waals surface area contributed by atoms with E-state index in [4.69, 9.17) is 0 Å². The van der Waals surface area contributed by atoms with Gasteiger partial charge in [-0.05, 0) is 54.3 Å². The van der Waals surface area contributed by atoms with Crippen molar-refractivity contribution in [3.63, 3.8) is 0 Å². The van der Waals surface area contributed by atoms with Crippen molar-refractivity contribution in [1.82, 2.24) is 10.6 Å². The predicted octanol–water partition coefficient (Wildman–Crippen LogP) is 4.35. The van der Waals surface area contributed by atoms with E-state index in [1.165, 1.54) is 5.56 Å². The lowest BCUT2D eigenvalue weighted by Crippen LogP contribution is -2.32. The molecule has 0 aromatic heterocycles. The Morgan fingerprint density at radius 1 is 0.969 bits per heavy atom. The van der Waals surface area contributed by atoms with Gasteiger partial charge in [0.05, 0.1) is 12.2 Å². The van der Waals surface area contributed by atoms with Gasteiger partial charge in [-0.1, -0.05) is 54.1 Å². The highest BCUT2D eigenvalue weighted by molar-refractivity contribution is 6.20. The topological polar surface area (TPSA) is 90.5 Å². The van der Waals surface area contributed by atoms with Gasteiger partial charge in [-0.2, -0.15) is 0 Å². The van der Waals surface area contributed by atoms with Crippen LogP contribution in [0, 0.1) is 13.8 Å². The van der Waals surface area contributed by atoms with E-state index in [2.05, 4.69) is 53.2 Å². The minimum absolute atomic E-state index is 0.0297. The van der Waals surface area contributed by atoms with Crippen molar-refractivity contribution in [2.75, 3.05) is 16.8 Å². The molecule has 162 valence electrons. The third-order valence-electron chi connectivity index (χ3n) is 5.40. The summed E-state index contributed by atoms with van der Waals surface area (Å²) in [6.45, 7) is 4.14. The van der Waals surface area contributed by atoms with Crippen LogP contribution in [0.15, 0.2) is 66.7 Å². The van der Waals surface area contributed by atoms with E-state index >= 15 is 0 Å². The molecule has 7 heteroatoms. The molecule has 1 heterocycles. The molecule has 4 rings (SSSR count). The molecule has 0 radical (unpaired) electrons. The van der Waals surface area contributed by atoms with E-state index in [1.807, 2.05) is 18.2 Å². The first-order chi connectivity index (χ1) is 15.4. The summed E-state index contributed by atoms with van der Waals surface area (Å²) >= 11 is 0. The van der Waals surface area contributed by atoms with Gasteiger partial charge in [-0.15, -0.1) is 0 Å². The average molecular weight is 428 g/mol. The third kappa shape index (κ3) is 4.46. The maximum absolute atomic E-state index is 12.5. The molecule has 0 saturated carbocycles. The van der Waals surface area contributed by atoms with Gasteiger partial charge in [0, 0.05) is 12.2 Å². The molecule has 1 aliphatic rings. The van der Waals surface area contributed by atoms with Gasteiger partial charge in [0.2, 0.25) is 0 Å². The van der Waals surface area contributed by atoms with Crippen molar-refractivity contribution in [3.05, 3.63) is 83.4 Å². The lowest BCUT2D eigenvalue weighted by molar-refractivity contribution is -0.115.